The van der Waals surface area contributed by atoms with E-state index in [-0.39, 0.29) is 12.3 Å². The molecule has 1 amide bonds. The highest BCUT2D eigenvalue weighted by molar-refractivity contribution is 6.11. The van der Waals surface area contributed by atoms with E-state index in [1.807, 2.05) is 61.0 Å². The van der Waals surface area contributed by atoms with Gasteiger partial charge in [-0.25, -0.2) is 9.78 Å². The van der Waals surface area contributed by atoms with Crippen molar-refractivity contribution in [3.8, 4) is 11.1 Å². The predicted molar refractivity (Wildman–Crippen MR) is 131 cm³/mol. The maximum absolute atomic E-state index is 12.8. The number of nitrogens with zero attached hydrogens (tertiary/aromatic N) is 2. The van der Waals surface area contributed by atoms with Gasteiger partial charge in [0.05, 0.1) is 30.0 Å². The summed E-state index contributed by atoms with van der Waals surface area (Å²) in [5, 5.41) is 4.60. The minimum atomic E-state index is -0.493. The Bertz CT molecular complexity index is 1530. The Kier molecular flexibility index (Phi) is 5.76. The van der Waals surface area contributed by atoms with E-state index in [2.05, 4.69) is 10.3 Å². The fourth-order valence-electron chi connectivity index (χ4n) is 4.45. The fraction of sp³-hybridized carbons (Fsp3) is 0.222. The summed E-state index contributed by atoms with van der Waals surface area (Å²) < 4.78 is 13.6. The van der Waals surface area contributed by atoms with Gasteiger partial charge in [-0.2, -0.15) is 0 Å². The van der Waals surface area contributed by atoms with Gasteiger partial charge in [-0.05, 0) is 43.0 Å². The first kappa shape index (κ1) is 21.7. The van der Waals surface area contributed by atoms with Crippen molar-refractivity contribution in [2.24, 2.45) is 0 Å². The molecular weight excluding hydrogens is 430 g/mol. The van der Waals surface area contributed by atoms with Gasteiger partial charge in [0.15, 0.2) is 0 Å². The van der Waals surface area contributed by atoms with Crippen molar-refractivity contribution < 1.29 is 13.6 Å². The van der Waals surface area contributed by atoms with Crippen molar-refractivity contribution in [3.05, 3.63) is 88.5 Å². The number of aryl methyl sites for hydroxylation is 3. The highest BCUT2D eigenvalue weighted by Crippen LogP contribution is 2.38. The quantitative estimate of drug-likeness (QED) is 0.282. The number of nitrogens with one attached hydrogen (secondary N) is 1. The number of carbonyl (C=O) groups excluding carboxylic acids is 1. The number of benzene rings is 2. The van der Waals surface area contributed by atoms with Gasteiger partial charge in [0, 0.05) is 36.4 Å². The second kappa shape index (κ2) is 9.02. The van der Waals surface area contributed by atoms with Crippen molar-refractivity contribution in [3.63, 3.8) is 0 Å². The van der Waals surface area contributed by atoms with Crippen LogP contribution in [0.5, 0.6) is 0 Å². The number of hydrogen-bond donors (Lipinski definition) is 1. The molecule has 0 bridgehead atoms. The zero-order valence-corrected chi connectivity index (χ0v) is 19.1. The summed E-state index contributed by atoms with van der Waals surface area (Å²) in [5.41, 5.74) is 4.68. The summed E-state index contributed by atoms with van der Waals surface area (Å²) >= 11 is 0. The first-order valence-electron chi connectivity index (χ1n) is 11.3. The molecule has 0 spiro atoms. The van der Waals surface area contributed by atoms with E-state index in [0.717, 1.165) is 40.4 Å². The van der Waals surface area contributed by atoms with E-state index in [1.165, 1.54) is 0 Å². The zero-order chi connectivity index (χ0) is 23.7. The average molecular weight is 456 g/mol. The zero-order valence-electron chi connectivity index (χ0n) is 19.1. The van der Waals surface area contributed by atoms with Gasteiger partial charge in [-0.1, -0.05) is 30.3 Å². The van der Waals surface area contributed by atoms with Crippen LogP contribution in [0, 0.1) is 13.8 Å². The molecule has 0 saturated heterocycles. The molecule has 5 aromatic rings. The number of fused-ring (bicyclic) bond motifs is 3. The summed E-state index contributed by atoms with van der Waals surface area (Å²) in [6.45, 7) is 5.10. The molecule has 172 valence electrons. The number of furan rings is 1. The first-order chi connectivity index (χ1) is 16.5. The average Bonchev–Trinajstić information content (AvgIpc) is 3.50. The van der Waals surface area contributed by atoms with Crippen molar-refractivity contribution in [2.45, 2.75) is 33.2 Å². The van der Waals surface area contributed by atoms with Crippen LogP contribution in [0.4, 0.5) is 0 Å². The predicted octanol–water partition coefficient (Wildman–Crippen LogP) is 4.77. The Balaban J connectivity index is 1.45. The summed E-state index contributed by atoms with van der Waals surface area (Å²) in [6, 6.07) is 11.9. The molecule has 0 saturated carbocycles. The Hall–Kier alpha value is -4.13. The van der Waals surface area contributed by atoms with Crippen LogP contribution in [0.2, 0.25) is 0 Å². The monoisotopic (exact) mass is 455 g/mol. The lowest BCUT2D eigenvalue weighted by molar-refractivity contribution is -0.120. The Labute approximate surface area is 196 Å². The molecule has 0 aliphatic rings. The molecule has 7 nitrogen and oxygen atoms in total. The second-order valence-corrected chi connectivity index (χ2v) is 8.46. The van der Waals surface area contributed by atoms with E-state index in [4.69, 9.17) is 8.83 Å². The number of rotatable bonds is 7. The molecule has 3 heterocycles. The molecular formula is C27H25N3O4. The standard InChI is InChI=1S/C27H25N3O4/c1-17-13-22-25(26-24(17)21(15-33-26)19-7-4-3-5-8-19)18(2)20(27(32)34-22)14-23(31)29-9-6-11-30-12-10-28-16-30/h3-5,7-8,10,12-13,15-16H,6,9,11,14H2,1-2H3,(H,29,31). The van der Waals surface area contributed by atoms with Crippen molar-refractivity contribution in [1.29, 1.82) is 0 Å². The Morgan fingerprint density at radius 1 is 1.15 bits per heavy atom. The minimum Gasteiger partial charge on any atom is -0.463 e. The summed E-state index contributed by atoms with van der Waals surface area (Å²) in [4.78, 5) is 29.4. The van der Waals surface area contributed by atoms with Gasteiger partial charge >= 0.3 is 5.63 Å². The van der Waals surface area contributed by atoms with Crippen LogP contribution >= 0.6 is 0 Å². The van der Waals surface area contributed by atoms with Crippen LogP contribution < -0.4 is 10.9 Å². The van der Waals surface area contributed by atoms with E-state index in [1.54, 1.807) is 18.8 Å². The number of carbonyl (C=O) groups is 1. The molecule has 3 aromatic heterocycles. The van der Waals surface area contributed by atoms with Crippen molar-refractivity contribution >= 4 is 27.8 Å². The highest BCUT2D eigenvalue weighted by Gasteiger charge is 2.21. The van der Waals surface area contributed by atoms with Crippen LogP contribution in [0.3, 0.4) is 0 Å². The summed E-state index contributed by atoms with van der Waals surface area (Å²) in [5.74, 6) is -0.215. The SMILES string of the molecule is Cc1cc2oc(=O)c(CC(=O)NCCCn3ccnc3)c(C)c2c2occ(-c3ccccc3)c12. The lowest BCUT2D eigenvalue weighted by Crippen LogP contribution is -2.29. The van der Waals surface area contributed by atoms with Gasteiger partial charge in [0.1, 0.15) is 11.2 Å². The lowest BCUT2D eigenvalue weighted by atomic mass is 9.96. The third-order valence-corrected chi connectivity index (χ3v) is 6.18. The smallest absolute Gasteiger partial charge is 0.340 e. The van der Waals surface area contributed by atoms with Crippen LogP contribution in [0.1, 0.15) is 23.1 Å². The largest absolute Gasteiger partial charge is 0.463 e. The van der Waals surface area contributed by atoms with Crippen molar-refractivity contribution in [1.82, 2.24) is 14.9 Å². The third kappa shape index (κ3) is 4.01. The van der Waals surface area contributed by atoms with Gasteiger partial charge in [0.25, 0.3) is 0 Å². The van der Waals surface area contributed by atoms with E-state index in [0.29, 0.717) is 28.8 Å². The first-order valence-corrected chi connectivity index (χ1v) is 11.3. The van der Waals surface area contributed by atoms with Gasteiger partial charge in [0.2, 0.25) is 5.91 Å². The molecule has 1 N–H and O–H groups in total. The summed E-state index contributed by atoms with van der Waals surface area (Å²) in [6.07, 6.45) is 7.81. The maximum atomic E-state index is 12.8. The van der Waals surface area contributed by atoms with Crippen molar-refractivity contribution in [2.75, 3.05) is 6.54 Å². The number of amides is 1. The molecule has 34 heavy (non-hydrogen) atoms. The molecule has 0 aliphatic carbocycles. The molecule has 5 rings (SSSR count). The maximum Gasteiger partial charge on any atom is 0.340 e. The van der Waals surface area contributed by atoms with Gasteiger partial charge in [-0.3, -0.25) is 4.79 Å². The second-order valence-electron chi connectivity index (χ2n) is 8.46. The van der Waals surface area contributed by atoms with Crippen LogP contribution in [0.25, 0.3) is 33.1 Å². The third-order valence-electron chi connectivity index (χ3n) is 6.18. The fourth-order valence-corrected chi connectivity index (χ4v) is 4.45. The molecule has 0 aliphatic heterocycles. The minimum absolute atomic E-state index is 0.0448. The molecule has 2 aromatic carbocycles. The van der Waals surface area contributed by atoms with E-state index in [9.17, 15) is 9.59 Å². The Morgan fingerprint density at radius 2 is 1.97 bits per heavy atom. The molecule has 0 unspecified atom stereocenters. The number of imidazole rings is 1. The van der Waals surface area contributed by atoms with Crippen LogP contribution in [0.15, 0.2) is 75.0 Å². The molecule has 0 fully saturated rings. The van der Waals surface area contributed by atoms with E-state index >= 15 is 0 Å². The lowest BCUT2D eigenvalue weighted by Gasteiger charge is -2.10. The normalized spacial score (nSPS) is 11.4. The van der Waals surface area contributed by atoms with Crippen LogP contribution in [-0.2, 0) is 17.8 Å². The summed E-state index contributed by atoms with van der Waals surface area (Å²) in [7, 11) is 0. The highest BCUT2D eigenvalue weighted by atomic mass is 16.4. The van der Waals surface area contributed by atoms with Crippen LogP contribution in [-0.4, -0.2) is 22.0 Å². The number of hydrogen-bond acceptors (Lipinski definition) is 5. The Morgan fingerprint density at radius 3 is 2.74 bits per heavy atom. The topological polar surface area (TPSA) is 90.3 Å². The van der Waals surface area contributed by atoms with Gasteiger partial charge < -0.3 is 18.7 Å². The molecule has 0 atom stereocenters. The van der Waals surface area contributed by atoms with Gasteiger partial charge in [-0.15, -0.1) is 0 Å². The van der Waals surface area contributed by atoms with E-state index < -0.39 is 5.63 Å². The number of aromatic nitrogens is 2. The molecule has 0 radical (unpaired) electrons. The molecule has 7 heteroatoms.